The molecule has 6 nitrogen and oxygen atoms in total. The molecular formula is C38H78N6Si6U. The Morgan fingerprint density at radius 1 is 0.471 bits per heavy atom. The van der Waals surface area contributed by atoms with Crippen molar-refractivity contribution < 1.29 is 31.1 Å². The zero-order chi connectivity index (χ0) is 39.8. The van der Waals surface area contributed by atoms with Crippen LogP contribution in [0.2, 0.25) is 118 Å². The number of imidazole rings is 1. The van der Waals surface area contributed by atoms with E-state index in [0.717, 1.165) is 16.7 Å². The van der Waals surface area contributed by atoms with E-state index in [-0.39, 0.29) is 36.7 Å². The summed E-state index contributed by atoms with van der Waals surface area (Å²) in [5, 5.41) is 10.8. The van der Waals surface area contributed by atoms with Gasteiger partial charge in [-0.25, -0.2) is 0 Å². The molecule has 13 heteroatoms. The van der Waals surface area contributed by atoms with Gasteiger partial charge in [0.25, 0.3) is 0 Å². The Morgan fingerprint density at radius 3 is 0.980 bits per heavy atom. The van der Waals surface area contributed by atoms with Gasteiger partial charge in [-0.1, -0.05) is 237 Å². The second kappa shape index (κ2) is 20.7. The maximum absolute atomic E-state index is 10.8. The summed E-state index contributed by atoms with van der Waals surface area (Å²) >= 11 is 0. The van der Waals surface area contributed by atoms with Crippen LogP contribution < -0.4 is 5.62 Å². The van der Waals surface area contributed by atoms with E-state index in [2.05, 4.69) is 170 Å². The third-order valence-electron chi connectivity index (χ3n) is 6.56. The number of aromatic nitrogens is 2. The van der Waals surface area contributed by atoms with Crippen LogP contribution in [0.1, 0.15) is 50.7 Å². The van der Waals surface area contributed by atoms with E-state index in [0.29, 0.717) is 11.8 Å². The second-order valence-corrected chi connectivity index (χ2v) is 48.9. The van der Waals surface area contributed by atoms with Gasteiger partial charge in [0, 0.05) is 5.62 Å². The minimum Gasteiger partial charge on any atom is -0.668 e. The van der Waals surface area contributed by atoms with Crippen LogP contribution >= 0.6 is 0 Å². The molecule has 0 aliphatic rings. The summed E-state index contributed by atoms with van der Waals surface area (Å²) in [7, 11) is -4.73. The molecule has 288 valence electrons. The van der Waals surface area contributed by atoms with Gasteiger partial charge in [-0.3, -0.25) is 0 Å². The minimum absolute atomic E-state index is 0. The summed E-state index contributed by atoms with van der Waals surface area (Å²) < 4.78 is 18.3. The summed E-state index contributed by atoms with van der Waals surface area (Å²) in [6.45, 7) is 50.1. The van der Waals surface area contributed by atoms with E-state index in [1.165, 1.54) is 11.1 Å². The van der Waals surface area contributed by atoms with Crippen molar-refractivity contribution in [2.24, 2.45) is 7.05 Å². The van der Waals surface area contributed by atoms with Crippen molar-refractivity contribution >= 4 is 60.4 Å². The Labute approximate surface area is 346 Å². The number of nitrogens with zero attached hydrogens (tertiary/aromatic N) is 6. The third-order valence-corrected chi connectivity index (χ3v) is 22.7. The fourth-order valence-electron chi connectivity index (χ4n) is 6.31. The van der Waals surface area contributed by atoms with Crippen LogP contribution in [0.3, 0.4) is 0 Å². The van der Waals surface area contributed by atoms with E-state index < -0.39 is 49.4 Å². The van der Waals surface area contributed by atoms with E-state index in [9.17, 15) is 5.41 Å². The topological polar surface area (TPSA) is 74.5 Å². The number of benzene rings is 2. The molecule has 0 N–H and O–H groups in total. The van der Waals surface area contributed by atoms with E-state index in [4.69, 9.17) is 13.9 Å². The average molecular weight is 1030 g/mol. The van der Waals surface area contributed by atoms with Crippen molar-refractivity contribution in [2.45, 2.75) is 157 Å². The molecule has 0 spiro atoms. The number of fused-ring (bicyclic) bond motifs is 1. The molecule has 0 aliphatic heterocycles. The van der Waals surface area contributed by atoms with Crippen LogP contribution in [0.4, 0.5) is 0 Å². The van der Waals surface area contributed by atoms with E-state index in [1.807, 2.05) is 34.4 Å². The van der Waals surface area contributed by atoms with Gasteiger partial charge < -0.3 is 28.5 Å². The fraction of sp³-hybridized carbons (Fsp3) is 0.658. The largest absolute Gasteiger partial charge is 4.00 e. The molecule has 0 bridgehead atoms. The number of hydrogen-bond donors (Lipinski definition) is 0. The summed E-state index contributed by atoms with van der Waals surface area (Å²) in [6, 6.07) is 14.6. The molecule has 1 heterocycles. The first-order valence-electron chi connectivity index (χ1n) is 18.6. The molecule has 51 heavy (non-hydrogen) atoms. The van der Waals surface area contributed by atoms with Crippen molar-refractivity contribution in [1.29, 1.82) is 0 Å². The van der Waals surface area contributed by atoms with Crippen LogP contribution in [0.15, 0.2) is 42.5 Å². The number of rotatable bonds is 9. The monoisotopic (exact) mass is 1020 g/mol. The van der Waals surface area contributed by atoms with E-state index >= 15 is 0 Å². The molecule has 3 aromatic rings. The number of aryl methyl sites for hydroxylation is 1. The van der Waals surface area contributed by atoms with Crippen molar-refractivity contribution in [1.82, 2.24) is 9.13 Å². The SMILES string of the molecule is CC(C)c1cccc(C(C)C)c1-n1c(=[N-])n(C)c2ccccc21.C[Si](C)(C)[N-][Si](C)(C)C.C[Si](C)(C)[N-][Si](C)(C)C.C[Si](C)(C)[N-][Si](C)(C)C.[U+4]. The van der Waals surface area contributed by atoms with Crippen LogP contribution in [-0.2, 0) is 7.05 Å². The molecule has 0 unspecified atom stereocenters. The molecule has 0 aliphatic carbocycles. The predicted molar refractivity (Wildman–Crippen MR) is 247 cm³/mol. The molecule has 1 aromatic heterocycles. The van der Waals surface area contributed by atoms with Crippen LogP contribution in [-0.4, -0.2) is 58.5 Å². The quantitative estimate of drug-likeness (QED) is 0.192. The Kier molecular flexibility index (Phi) is 21.6. The van der Waals surface area contributed by atoms with Gasteiger partial charge in [0.2, 0.25) is 0 Å². The first kappa shape index (κ1) is 53.0. The van der Waals surface area contributed by atoms with Crippen molar-refractivity contribution in [3.05, 3.63) is 78.6 Å². The summed E-state index contributed by atoms with van der Waals surface area (Å²) in [5.74, 6) is 0.768. The molecule has 0 saturated heterocycles. The first-order chi connectivity index (χ1) is 22.1. The summed E-state index contributed by atoms with van der Waals surface area (Å²) in [5.41, 5.74) is 5.95. The predicted octanol–water partition coefficient (Wildman–Crippen LogP) is 13.8. The molecule has 0 radical (unpaired) electrons. The first-order valence-corrected chi connectivity index (χ1v) is 39.3. The van der Waals surface area contributed by atoms with Crippen molar-refractivity contribution in [3.63, 3.8) is 0 Å². The minimum atomic E-state index is -1.11. The van der Waals surface area contributed by atoms with Crippen LogP contribution in [0.25, 0.3) is 36.1 Å². The second-order valence-electron chi connectivity index (χ2n) is 20.1. The Hall–Kier alpha value is -0.0568. The van der Waals surface area contributed by atoms with Gasteiger partial charge in [-0.05, 0) is 46.7 Å². The zero-order valence-corrected chi connectivity index (χ0v) is 47.5. The van der Waals surface area contributed by atoms with Crippen molar-refractivity contribution in [2.75, 3.05) is 0 Å². The number of hydrogen-bond acceptors (Lipinski definition) is 0. The van der Waals surface area contributed by atoms with Gasteiger partial charge in [0.15, 0.2) is 0 Å². The summed E-state index contributed by atoms with van der Waals surface area (Å²) in [4.78, 5) is 0. The Bertz CT molecular complexity index is 1400. The van der Waals surface area contributed by atoms with E-state index in [1.54, 1.807) is 0 Å². The average Bonchev–Trinajstić information content (AvgIpc) is 3.07. The van der Waals surface area contributed by atoms with Crippen molar-refractivity contribution in [3.8, 4) is 5.69 Å². The summed E-state index contributed by atoms with van der Waals surface area (Å²) in [6.07, 6.45) is 0. The molecule has 2 aromatic carbocycles. The fourth-order valence-corrected chi connectivity index (χ4v) is 30.5. The molecule has 0 atom stereocenters. The number of para-hydroxylation sites is 3. The van der Waals surface area contributed by atoms with Gasteiger partial charge in [-0.2, -0.15) is 0 Å². The Balaban J connectivity index is 0. The van der Waals surface area contributed by atoms with Crippen LogP contribution in [0, 0.1) is 31.1 Å². The normalized spacial score (nSPS) is 12.7. The van der Waals surface area contributed by atoms with Crippen LogP contribution in [0.5, 0.6) is 0 Å². The molecule has 0 amide bonds. The van der Waals surface area contributed by atoms with Gasteiger partial charge >= 0.3 is 31.1 Å². The molecule has 0 saturated carbocycles. The molecule has 0 fully saturated rings. The smallest absolute Gasteiger partial charge is 0.668 e. The standard InChI is InChI=1S/C20H24N3.3C6H18NSi2.U/c1-13(2)15-9-8-10-16(14(3)4)19(15)23-18-12-7-6-11-17(18)22(5)20(23)21;3*1-8(2,3)7-9(4,5)6;/h6-14H,1-5H3;3*1-6H3;/q4*-1;+4. The maximum Gasteiger partial charge on any atom is 4.00 e. The Morgan fingerprint density at radius 2 is 0.745 bits per heavy atom. The molecular weight excluding hydrogens is 947 g/mol. The van der Waals surface area contributed by atoms with Gasteiger partial charge in [0.1, 0.15) is 0 Å². The van der Waals surface area contributed by atoms with Gasteiger partial charge in [0.05, 0.1) is 0 Å². The molecule has 3 rings (SSSR count). The third kappa shape index (κ3) is 22.8. The zero-order valence-electron chi connectivity index (χ0n) is 37.4. The maximum atomic E-state index is 10.8. The van der Waals surface area contributed by atoms with Gasteiger partial charge in [-0.15, -0.1) is 0 Å².